The number of hydrogen-bond acceptors (Lipinski definition) is 2. The van der Waals surface area contributed by atoms with Gasteiger partial charge in [-0.25, -0.2) is 4.39 Å². The molecule has 0 N–H and O–H groups in total. The van der Waals surface area contributed by atoms with Gasteiger partial charge in [0, 0.05) is 6.42 Å². The third kappa shape index (κ3) is 9.70. The number of allylic oxidation sites excluding steroid dienone is 4. The summed E-state index contributed by atoms with van der Waals surface area (Å²) < 4.78 is 260. The van der Waals surface area contributed by atoms with Crippen molar-refractivity contribution in [1.29, 1.82) is 0 Å². The Morgan fingerprint density at radius 3 is 1.29 bits per heavy atom. The van der Waals surface area contributed by atoms with Gasteiger partial charge >= 0.3 is 59.5 Å². The molecule has 0 aromatic rings. The molecule has 0 aromatic heterocycles. The molecule has 49 heavy (non-hydrogen) atoms. The molecule has 0 saturated heterocycles. The first-order chi connectivity index (χ1) is 22.0. The van der Waals surface area contributed by atoms with Crippen molar-refractivity contribution < 1.29 is 92.9 Å². The van der Waals surface area contributed by atoms with Crippen LogP contribution in [-0.2, 0) is 9.53 Å². The van der Waals surface area contributed by atoms with Crippen LogP contribution in [0.15, 0.2) is 24.3 Å². The van der Waals surface area contributed by atoms with Gasteiger partial charge in [-0.15, -0.1) is 0 Å². The monoisotopic (exact) mass is 762 g/mol. The first kappa shape index (κ1) is 46.6. The van der Waals surface area contributed by atoms with Crippen LogP contribution in [0, 0.1) is 0 Å². The molecule has 0 bridgehead atoms. The fourth-order valence-electron chi connectivity index (χ4n) is 3.82. The molecule has 290 valence electrons. The van der Waals surface area contributed by atoms with Gasteiger partial charge in [0.15, 0.2) is 6.67 Å². The fourth-order valence-corrected chi connectivity index (χ4v) is 3.82. The lowest BCUT2D eigenvalue weighted by atomic mass is 9.87. The second-order valence-corrected chi connectivity index (χ2v) is 10.8. The van der Waals surface area contributed by atoms with Crippen molar-refractivity contribution in [3.05, 3.63) is 24.3 Å². The lowest BCUT2D eigenvalue weighted by Crippen LogP contribution is -2.76. The molecule has 0 aliphatic rings. The van der Waals surface area contributed by atoms with E-state index in [0.29, 0.717) is 32.1 Å². The molecule has 0 rings (SSSR count). The normalized spacial score (nSPS) is 15.1. The van der Waals surface area contributed by atoms with E-state index in [1.54, 1.807) is 0 Å². The quantitative estimate of drug-likeness (QED) is 0.0424. The number of ether oxygens (including phenoxy) is 1. The summed E-state index contributed by atoms with van der Waals surface area (Å²) in [6, 6.07) is 0. The molecule has 0 radical (unpaired) electrons. The number of unbranched alkanes of at least 4 members (excludes halogenated alkanes) is 8. The molecule has 0 fully saturated rings. The van der Waals surface area contributed by atoms with Gasteiger partial charge in [-0.05, 0) is 38.5 Å². The Morgan fingerprint density at radius 2 is 0.857 bits per heavy atom. The smallest absolute Gasteiger partial charge is 0.396 e. The Hall–Kier alpha value is -2.38. The van der Waals surface area contributed by atoms with E-state index < -0.39 is 79.0 Å². The van der Waals surface area contributed by atoms with E-state index in [-0.39, 0.29) is 6.42 Å². The number of esters is 1. The van der Waals surface area contributed by atoms with Gasteiger partial charge < -0.3 is 4.74 Å². The van der Waals surface area contributed by atoms with E-state index in [1.807, 2.05) is 24.3 Å². The number of carbonyl (C=O) groups excluding carboxylic acids is 1. The maximum absolute atomic E-state index is 13.9. The number of alkyl halides is 19. The van der Waals surface area contributed by atoms with Gasteiger partial charge in [0.2, 0.25) is 0 Å². The second kappa shape index (κ2) is 17.2. The van der Waals surface area contributed by atoms with Crippen LogP contribution in [0.1, 0.15) is 84.0 Å². The van der Waals surface area contributed by atoms with E-state index >= 15 is 0 Å². The average Bonchev–Trinajstić information content (AvgIpc) is 2.97. The molecule has 21 heteroatoms. The topological polar surface area (TPSA) is 26.3 Å². The average molecular weight is 763 g/mol. The Balaban J connectivity index is 5.44. The van der Waals surface area contributed by atoms with Crippen LogP contribution in [0.4, 0.5) is 83.4 Å². The highest BCUT2D eigenvalue weighted by atomic mass is 19.4. The van der Waals surface area contributed by atoms with Crippen LogP contribution in [0.2, 0.25) is 0 Å². The van der Waals surface area contributed by atoms with E-state index in [1.165, 1.54) is 0 Å². The molecule has 0 saturated carbocycles. The predicted octanol–water partition coefficient (Wildman–Crippen LogP) is 12.0. The molecule has 0 spiro atoms. The van der Waals surface area contributed by atoms with Crippen LogP contribution in [-0.4, -0.2) is 66.1 Å². The summed E-state index contributed by atoms with van der Waals surface area (Å²) in [6.45, 7) is -1.98. The van der Waals surface area contributed by atoms with Crippen molar-refractivity contribution in [3.63, 3.8) is 0 Å². The lowest BCUT2D eigenvalue weighted by Gasteiger charge is -2.43. The molecule has 2 nitrogen and oxygen atoms in total. The first-order valence-corrected chi connectivity index (χ1v) is 14.5. The zero-order chi connectivity index (χ0) is 38.8. The minimum Gasteiger partial charge on any atom is -0.396 e. The Kier molecular flexibility index (Phi) is 16.4. The van der Waals surface area contributed by atoms with E-state index in [9.17, 15) is 88.2 Å². The molecular formula is C28H33F19O2. The highest BCUT2D eigenvalue weighted by molar-refractivity contribution is 5.69. The van der Waals surface area contributed by atoms with Crippen molar-refractivity contribution in [2.24, 2.45) is 0 Å². The standard InChI is InChI=1S/C28H33F19O2/c1-2-3-4-5-6-7-8-9-10-11-12-13-14-15-16-17-19(48)49-28(46,47)27(44,45)26(42,43)25(40,41)24(38,39)23(36,37)22(34,35)21(32,33)20(30,31)18-29/h6-7,9-10H,2-5,8,11-18H2,1H3/b7-6-,10-9-. The van der Waals surface area contributed by atoms with Crippen molar-refractivity contribution in [2.75, 3.05) is 6.67 Å². The summed E-state index contributed by atoms with van der Waals surface area (Å²) in [5.41, 5.74) is 0. The third-order valence-corrected chi connectivity index (χ3v) is 6.93. The zero-order valence-electron chi connectivity index (χ0n) is 25.5. The molecule has 0 atom stereocenters. The van der Waals surface area contributed by atoms with Crippen LogP contribution in [0.25, 0.3) is 0 Å². The maximum Gasteiger partial charge on any atom is 0.473 e. The number of rotatable bonds is 24. The fraction of sp³-hybridized carbons (Fsp3) is 0.821. The van der Waals surface area contributed by atoms with Crippen LogP contribution in [0.5, 0.6) is 0 Å². The van der Waals surface area contributed by atoms with E-state index in [4.69, 9.17) is 0 Å². The molecule has 0 aromatic carbocycles. The Bertz CT molecular complexity index is 1080. The van der Waals surface area contributed by atoms with Crippen LogP contribution < -0.4 is 0 Å². The van der Waals surface area contributed by atoms with Crippen LogP contribution in [0.3, 0.4) is 0 Å². The molecule has 0 aliphatic carbocycles. The van der Waals surface area contributed by atoms with Gasteiger partial charge in [-0.2, -0.15) is 79.0 Å². The SMILES string of the molecule is CCCCC/C=C\C/C=C\CCCCCCCC(=O)OC(F)(F)C(F)(F)C(F)(F)C(F)(F)C(F)(F)C(F)(F)C(F)(F)C(F)(F)C(F)(F)CF. The van der Waals surface area contributed by atoms with Crippen molar-refractivity contribution in [3.8, 4) is 0 Å². The van der Waals surface area contributed by atoms with Gasteiger partial charge in [0.1, 0.15) is 0 Å². The van der Waals surface area contributed by atoms with Gasteiger partial charge in [-0.1, -0.05) is 63.3 Å². The number of hydrogen-bond donors (Lipinski definition) is 0. The number of carbonyl (C=O) groups is 1. The van der Waals surface area contributed by atoms with Gasteiger partial charge in [0.25, 0.3) is 0 Å². The zero-order valence-corrected chi connectivity index (χ0v) is 25.5. The summed E-state index contributed by atoms with van der Waals surface area (Å²) in [6.07, 6.45) is 5.61. The van der Waals surface area contributed by atoms with Gasteiger partial charge in [-0.3, -0.25) is 4.79 Å². The minimum absolute atomic E-state index is 0.00287. The summed E-state index contributed by atoms with van der Waals surface area (Å²) >= 11 is 0. The van der Waals surface area contributed by atoms with Crippen molar-refractivity contribution in [2.45, 2.75) is 137 Å². The summed E-state index contributed by atoms with van der Waals surface area (Å²) in [5.74, 6) is -69.9. The van der Waals surface area contributed by atoms with Crippen molar-refractivity contribution >= 4 is 5.97 Å². The molecular weight excluding hydrogens is 729 g/mol. The Morgan fingerprint density at radius 1 is 0.490 bits per heavy atom. The minimum atomic E-state index is -8.98. The third-order valence-electron chi connectivity index (χ3n) is 6.93. The van der Waals surface area contributed by atoms with Crippen molar-refractivity contribution in [1.82, 2.24) is 0 Å². The molecule has 0 amide bonds. The Labute approximate surface area is 268 Å². The highest BCUT2D eigenvalue weighted by Gasteiger charge is 2.97. The highest BCUT2D eigenvalue weighted by Crippen LogP contribution is 2.65. The summed E-state index contributed by atoms with van der Waals surface area (Å²) in [7, 11) is 0. The van der Waals surface area contributed by atoms with Crippen LogP contribution >= 0.6 is 0 Å². The van der Waals surface area contributed by atoms with E-state index in [0.717, 1.165) is 25.7 Å². The second-order valence-electron chi connectivity index (χ2n) is 10.8. The molecule has 0 aliphatic heterocycles. The van der Waals surface area contributed by atoms with E-state index in [2.05, 4.69) is 11.7 Å². The maximum atomic E-state index is 13.9. The first-order valence-electron chi connectivity index (χ1n) is 14.5. The summed E-state index contributed by atoms with van der Waals surface area (Å²) in [4.78, 5) is 11.5. The predicted molar refractivity (Wildman–Crippen MR) is 136 cm³/mol. The number of halogens is 19. The molecule has 0 heterocycles. The summed E-state index contributed by atoms with van der Waals surface area (Å²) in [5, 5.41) is 0. The lowest BCUT2D eigenvalue weighted by molar-refractivity contribution is -0.474. The van der Waals surface area contributed by atoms with Gasteiger partial charge in [0.05, 0.1) is 0 Å². The largest absolute Gasteiger partial charge is 0.473 e. The molecule has 0 unspecified atom stereocenters.